The first-order valence-corrected chi connectivity index (χ1v) is 9.95. The molecule has 0 aliphatic heterocycles. The van der Waals surface area contributed by atoms with E-state index in [0.717, 1.165) is 23.1 Å². The number of hydrogen-bond acceptors (Lipinski definition) is 5. The Balaban J connectivity index is 1.65. The first-order valence-electron chi connectivity index (χ1n) is 9.57. The summed E-state index contributed by atoms with van der Waals surface area (Å²) in [6.45, 7) is 4.11. The molecule has 0 spiro atoms. The standard InChI is InChI=1S/C21H21ClN6O2/c1-4-12(2)30-15-7-5-13-9-19(28(3)18(13)11-15)21(29)23-17-8-6-14(22)10-16(17)20-24-26-27-25-20/h5-12H,4H2,1-3H3,(H,23,29)(H,24,25,26,27). The van der Waals surface area contributed by atoms with E-state index in [1.807, 2.05) is 42.8 Å². The van der Waals surface area contributed by atoms with Crippen LogP contribution in [0.4, 0.5) is 5.69 Å². The topological polar surface area (TPSA) is 97.7 Å². The summed E-state index contributed by atoms with van der Waals surface area (Å²) in [6, 6.07) is 12.8. The zero-order chi connectivity index (χ0) is 21.3. The van der Waals surface area contributed by atoms with E-state index < -0.39 is 0 Å². The summed E-state index contributed by atoms with van der Waals surface area (Å²) in [4.78, 5) is 13.1. The second-order valence-electron chi connectivity index (χ2n) is 7.04. The molecule has 0 aliphatic rings. The Morgan fingerprint density at radius 3 is 2.83 bits per heavy atom. The third kappa shape index (κ3) is 3.86. The number of amides is 1. The summed E-state index contributed by atoms with van der Waals surface area (Å²) in [7, 11) is 1.85. The highest BCUT2D eigenvalue weighted by Crippen LogP contribution is 2.30. The van der Waals surface area contributed by atoms with Gasteiger partial charge in [0.1, 0.15) is 11.4 Å². The van der Waals surface area contributed by atoms with Crippen LogP contribution in [0, 0.1) is 0 Å². The predicted octanol–water partition coefficient (Wildman–Crippen LogP) is 4.44. The summed E-state index contributed by atoms with van der Waals surface area (Å²) in [6.07, 6.45) is 1.04. The molecule has 1 unspecified atom stereocenters. The number of aromatic amines is 1. The molecule has 0 radical (unpaired) electrons. The van der Waals surface area contributed by atoms with Crippen LogP contribution in [0.2, 0.25) is 5.02 Å². The quantitative estimate of drug-likeness (QED) is 0.476. The lowest BCUT2D eigenvalue weighted by atomic mass is 10.1. The van der Waals surface area contributed by atoms with Crippen molar-refractivity contribution in [1.82, 2.24) is 25.2 Å². The smallest absolute Gasteiger partial charge is 0.272 e. The van der Waals surface area contributed by atoms with Gasteiger partial charge in [0.25, 0.3) is 5.91 Å². The number of benzene rings is 2. The van der Waals surface area contributed by atoms with Gasteiger partial charge in [-0.1, -0.05) is 18.5 Å². The van der Waals surface area contributed by atoms with E-state index in [9.17, 15) is 4.79 Å². The SMILES string of the molecule is CCC(C)Oc1ccc2cc(C(=O)Nc3ccc(Cl)cc3-c3nnn[nH]3)n(C)c2c1. The monoisotopic (exact) mass is 424 g/mol. The maximum atomic E-state index is 13.1. The number of nitrogens with zero attached hydrogens (tertiary/aromatic N) is 4. The van der Waals surface area contributed by atoms with Crippen LogP contribution in [0.15, 0.2) is 42.5 Å². The van der Waals surface area contributed by atoms with Gasteiger partial charge < -0.3 is 14.6 Å². The Morgan fingerprint density at radius 2 is 2.10 bits per heavy atom. The van der Waals surface area contributed by atoms with Crippen LogP contribution in [0.3, 0.4) is 0 Å². The Labute approximate surface area is 178 Å². The van der Waals surface area contributed by atoms with Gasteiger partial charge in [-0.15, -0.1) is 5.10 Å². The summed E-state index contributed by atoms with van der Waals surface area (Å²) >= 11 is 6.12. The van der Waals surface area contributed by atoms with Crippen molar-refractivity contribution in [1.29, 1.82) is 0 Å². The van der Waals surface area contributed by atoms with Crippen LogP contribution in [-0.2, 0) is 7.05 Å². The van der Waals surface area contributed by atoms with Crippen LogP contribution in [-0.4, -0.2) is 37.2 Å². The van der Waals surface area contributed by atoms with E-state index in [4.69, 9.17) is 16.3 Å². The fraction of sp³-hybridized carbons (Fsp3) is 0.238. The fourth-order valence-electron chi connectivity index (χ4n) is 3.20. The van der Waals surface area contributed by atoms with Crippen molar-refractivity contribution in [3.63, 3.8) is 0 Å². The van der Waals surface area contributed by atoms with Crippen molar-refractivity contribution in [3.05, 3.63) is 53.2 Å². The number of aromatic nitrogens is 5. The van der Waals surface area contributed by atoms with Gasteiger partial charge in [-0.25, -0.2) is 5.10 Å². The highest BCUT2D eigenvalue weighted by Gasteiger charge is 2.17. The molecule has 30 heavy (non-hydrogen) atoms. The predicted molar refractivity (Wildman–Crippen MR) is 116 cm³/mol. The van der Waals surface area contributed by atoms with Gasteiger partial charge in [0, 0.05) is 29.1 Å². The number of fused-ring (bicyclic) bond motifs is 1. The zero-order valence-corrected chi connectivity index (χ0v) is 17.6. The maximum absolute atomic E-state index is 13.1. The molecular weight excluding hydrogens is 404 g/mol. The molecule has 0 bridgehead atoms. The minimum absolute atomic E-state index is 0.124. The van der Waals surface area contributed by atoms with Gasteiger partial charge in [-0.3, -0.25) is 4.79 Å². The lowest BCUT2D eigenvalue weighted by molar-refractivity contribution is 0.101. The molecule has 8 nitrogen and oxygen atoms in total. The molecule has 0 saturated heterocycles. The van der Waals surface area contributed by atoms with Crippen molar-refractivity contribution < 1.29 is 9.53 Å². The number of rotatable bonds is 6. The molecule has 2 aromatic carbocycles. The molecule has 9 heteroatoms. The van der Waals surface area contributed by atoms with Gasteiger partial charge >= 0.3 is 0 Å². The molecular formula is C21H21ClN6O2. The molecule has 154 valence electrons. The number of anilines is 1. The van der Waals surface area contributed by atoms with Crippen molar-refractivity contribution in [2.24, 2.45) is 7.05 Å². The van der Waals surface area contributed by atoms with Crippen LogP contribution < -0.4 is 10.1 Å². The van der Waals surface area contributed by atoms with Crippen molar-refractivity contribution in [2.45, 2.75) is 26.4 Å². The Kier molecular flexibility index (Phi) is 5.41. The number of carbonyl (C=O) groups is 1. The average Bonchev–Trinajstić information content (AvgIpc) is 3.38. The fourth-order valence-corrected chi connectivity index (χ4v) is 3.37. The minimum Gasteiger partial charge on any atom is -0.491 e. The van der Waals surface area contributed by atoms with E-state index in [1.54, 1.807) is 18.2 Å². The van der Waals surface area contributed by atoms with Gasteiger partial charge in [0.05, 0.1) is 17.3 Å². The largest absolute Gasteiger partial charge is 0.491 e. The van der Waals surface area contributed by atoms with Crippen molar-refractivity contribution >= 4 is 34.1 Å². The maximum Gasteiger partial charge on any atom is 0.272 e. The summed E-state index contributed by atoms with van der Waals surface area (Å²) in [5, 5.41) is 18.2. The van der Waals surface area contributed by atoms with Crippen LogP contribution >= 0.6 is 11.6 Å². The molecule has 0 fully saturated rings. The van der Waals surface area contributed by atoms with E-state index >= 15 is 0 Å². The van der Waals surface area contributed by atoms with Crippen molar-refractivity contribution in [2.75, 3.05) is 5.32 Å². The third-order valence-corrected chi connectivity index (χ3v) is 5.23. The summed E-state index contributed by atoms with van der Waals surface area (Å²) in [5.74, 6) is 0.939. The zero-order valence-electron chi connectivity index (χ0n) is 16.8. The van der Waals surface area contributed by atoms with E-state index in [2.05, 4.69) is 32.9 Å². The number of ether oxygens (including phenoxy) is 1. The Morgan fingerprint density at radius 1 is 1.27 bits per heavy atom. The number of halogens is 1. The van der Waals surface area contributed by atoms with Gasteiger partial charge in [0.2, 0.25) is 0 Å². The van der Waals surface area contributed by atoms with Crippen LogP contribution in [0.1, 0.15) is 30.8 Å². The highest BCUT2D eigenvalue weighted by atomic mass is 35.5. The Bertz CT molecular complexity index is 1200. The number of hydrogen-bond donors (Lipinski definition) is 2. The van der Waals surface area contributed by atoms with Gasteiger partial charge in [0.15, 0.2) is 5.82 Å². The normalized spacial score (nSPS) is 12.1. The average molecular weight is 425 g/mol. The summed E-state index contributed by atoms with van der Waals surface area (Å²) in [5.41, 5.74) is 2.58. The second kappa shape index (κ2) is 8.16. The number of nitrogens with one attached hydrogen (secondary N) is 2. The third-order valence-electron chi connectivity index (χ3n) is 4.99. The molecule has 4 aromatic rings. The first kappa shape index (κ1) is 19.9. The number of tetrazole rings is 1. The lowest BCUT2D eigenvalue weighted by Gasteiger charge is -2.13. The van der Waals surface area contributed by atoms with Crippen molar-refractivity contribution in [3.8, 4) is 17.1 Å². The molecule has 2 aromatic heterocycles. The Hall–Kier alpha value is -3.39. The van der Waals surface area contributed by atoms with Crippen LogP contribution in [0.25, 0.3) is 22.3 Å². The number of carbonyl (C=O) groups excluding carboxylic acids is 1. The highest BCUT2D eigenvalue weighted by molar-refractivity contribution is 6.31. The van der Waals surface area contributed by atoms with E-state index in [0.29, 0.717) is 27.8 Å². The van der Waals surface area contributed by atoms with Gasteiger partial charge in [-0.05, 0) is 60.2 Å². The first-order chi connectivity index (χ1) is 14.5. The number of H-pyrrole nitrogens is 1. The minimum atomic E-state index is -0.255. The van der Waals surface area contributed by atoms with Gasteiger partial charge in [-0.2, -0.15) is 0 Å². The molecule has 2 heterocycles. The second-order valence-corrected chi connectivity index (χ2v) is 7.48. The number of aryl methyl sites for hydroxylation is 1. The molecule has 1 amide bonds. The summed E-state index contributed by atoms with van der Waals surface area (Å²) < 4.78 is 7.76. The molecule has 2 N–H and O–H groups in total. The molecule has 1 atom stereocenters. The molecule has 4 rings (SSSR count). The van der Waals surface area contributed by atoms with E-state index in [-0.39, 0.29) is 12.0 Å². The molecule has 0 saturated carbocycles. The van der Waals surface area contributed by atoms with E-state index in [1.165, 1.54) is 0 Å². The van der Waals surface area contributed by atoms with Crippen LogP contribution in [0.5, 0.6) is 5.75 Å². The lowest BCUT2D eigenvalue weighted by Crippen LogP contribution is -2.16. The molecule has 0 aliphatic carbocycles.